The van der Waals surface area contributed by atoms with Crippen molar-refractivity contribution < 1.29 is 70.8 Å². The quantitative estimate of drug-likeness (QED) is 0.574. The Morgan fingerprint density at radius 3 is 2.37 bits per heavy atom. The molecule has 5 nitrogen and oxygen atoms in total. The maximum atomic E-state index is 11.9. The van der Waals surface area contributed by atoms with Gasteiger partial charge < -0.3 is 19.5 Å². The Kier molecular flexibility index (Phi) is 7.55. The zero-order valence-corrected chi connectivity index (χ0v) is 15.7. The van der Waals surface area contributed by atoms with E-state index in [2.05, 4.69) is 0 Å². The van der Waals surface area contributed by atoms with Crippen LogP contribution in [0.3, 0.4) is 0 Å². The van der Waals surface area contributed by atoms with Crippen molar-refractivity contribution in [2.24, 2.45) is 5.41 Å². The molecule has 0 spiro atoms. The number of aliphatic carboxylic acids is 1. The van der Waals surface area contributed by atoms with Gasteiger partial charge in [0.15, 0.2) is 0 Å². The minimum Gasteiger partial charge on any atom is -0.549 e. The van der Waals surface area contributed by atoms with Crippen molar-refractivity contribution >= 4 is 12.1 Å². The van der Waals surface area contributed by atoms with Gasteiger partial charge in [-0.2, -0.15) is 0 Å². The summed E-state index contributed by atoms with van der Waals surface area (Å²) in [4.78, 5) is 24.6. The van der Waals surface area contributed by atoms with Gasteiger partial charge in [-0.1, -0.05) is 13.3 Å². The molecule has 1 heterocycles. The average molecular weight is 295 g/mol. The summed E-state index contributed by atoms with van der Waals surface area (Å²) in [6.45, 7) is 7.92. The van der Waals surface area contributed by atoms with E-state index in [1.165, 1.54) is 4.90 Å². The molecule has 0 aliphatic carbocycles. The summed E-state index contributed by atoms with van der Waals surface area (Å²) >= 11 is 0. The first-order valence-corrected chi connectivity index (χ1v) is 6.39. The normalized spacial score (nSPS) is 22.8. The predicted octanol–water partition coefficient (Wildman–Crippen LogP) is -1.83. The number of carboxylic acid groups (broad SMARTS) is 1. The first-order valence-electron chi connectivity index (χ1n) is 6.39. The molecule has 0 N–H and O–H groups in total. The molecule has 0 radical (unpaired) electrons. The van der Waals surface area contributed by atoms with Gasteiger partial charge in [0.05, 0.1) is 0 Å². The summed E-state index contributed by atoms with van der Waals surface area (Å²) < 4.78 is 5.25. The molecule has 0 aromatic heterocycles. The predicted molar refractivity (Wildman–Crippen MR) is 64.8 cm³/mol. The number of hydrogen-bond acceptors (Lipinski definition) is 4. The van der Waals surface area contributed by atoms with Crippen LogP contribution in [0.15, 0.2) is 0 Å². The first kappa shape index (κ1) is 19.4. The molecule has 104 valence electrons. The minimum absolute atomic E-state index is 0. The van der Waals surface area contributed by atoms with E-state index in [9.17, 15) is 14.7 Å². The van der Waals surface area contributed by atoms with E-state index in [4.69, 9.17) is 4.74 Å². The van der Waals surface area contributed by atoms with Gasteiger partial charge >= 0.3 is 57.5 Å². The van der Waals surface area contributed by atoms with Crippen LogP contribution >= 0.6 is 0 Å². The summed E-state index contributed by atoms with van der Waals surface area (Å²) in [6.07, 6.45) is 1.30. The van der Waals surface area contributed by atoms with Crippen molar-refractivity contribution in [2.75, 3.05) is 13.1 Å². The van der Waals surface area contributed by atoms with E-state index >= 15 is 0 Å². The van der Waals surface area contributed by atoms with Crippen LogP contribution in [0.2, 0.25) is 0 Å². The number of carbonyl (C=O) groups is 2. The second-order valence-corrected chi connectivity index (χ2v) is 5.97. The fourth-order valence-electron chi connectivity index (χ4n) is 2.31. The van der Waals surface area contributed by atoms with Crippen LogP contribution in [0.4, 0.5) is 4.79 Å². The molecule has 0 bridgehead atoms. The molecular weight excluding hydrogens is 273 g/mol. The smallest absolute Gasteiger partial charge is 0.549 e. The molecular formula is C13H22KNO4. The molecule has 1 amide bonds. The standard InChI is InChI=1S/C13H23NO4.K/c1-5-6-13(10(15)16)7-8-14(9-13)11(17)18-12(2,3)4;/h5-9H2,1-4H3,(H,15,16);/q;+1/p-1/t13-;/m0./s1. The van der Waals surface area contributed by atoms with Crippen LogP contribution in [-0.4, -0.2) is 35.7 Å². The van der Waals surface area contributed by atoms with E-state index in [1.54, 1.807) is 20.8 Å². The van der Waals surface area contributed by atoms with E-state index in [0.29, 0.717) is 19.4 Å². The van der Waals surface area contributed by atoms with E-state index in [0.717, 1.165) is 6.42 Å². The van der Waals surface area contributed by atoms with Crippen molar-refractivity contribution in [2.45, 2.75) is 52.6 Å². The second-order valence-electron chi connectivity index (χ2n) is 5.97. The second kappa shape index (κ2) is 7.40. The van der Waals surface area contributed by atoms with Gasteiger partial charge in [0.1, 0.15) is 5.60 Å². The van der Waals surface area contributed by atoms with E-state index in [1.807, 2.05) is 6.92 Å². The topological polar surface area (TPSA) is 69.7 Å². The molecule has 19 heavy (non-hydrogen) atoms. The Bertz CT molecular complexity index is 340. The Hall–Kier alpha value is 0.376. The van der Waals surface area contributed by atoms with Crippen molar-refractivity contribution in [3.8, 4) is 0 Å². The van der Waals surface area contributed by atoms with Crippen LogP contribution in [0.1, 0.15) is 47.0 Å². The molecule has 6 heteroatoms. The van der Waals surface area contributed by atoms with Crippen molar-refractivity contribution in [1.29, 1.82) is 0 Å². The molecule has 0 aromatic carbocycles. The summed E-state index contributed by atoms with van der Waals surface area (Å²) in [5, 5.41) is 11.3. The van der Waals surface area contributed by atoms with Crippen molar-refractivity contribution in [3.05, 3.63) is 0 Å². The zero-order valence-electron chi connectivity index (χ0n) is 12.6. The molecule has 1 fully saturated rings. The SMILES string of the molecule is CCC[C@]1(C(=O)[O-])CCN(C(=O)OC(C)(C)C)C1.[K+]. The number of amides is 1. The number of hydrogen-bond donors (Lipinski definition) is 0. The third-order valence-corrected chi connectivity index (χ3v) is 3.17. The first-order chi connectivity index (χ1) is 8.20. The molecule has 0 saturated carbocycles. The third-order valence-electron chi connectivity index (χ3n) is 3.17. The van der Waals surface area contributed by atoms with Gasteiger partial charge in [0.25, 0.3) is 0 Å². The molecule has 1 rings (SSSR count). The van der Waals surface area contributed by atoms with Crippen LogP contribution in [0.5, 0.6) is 0 Å². The third kappa shape index (κ3) is 5.34. The van der Waals surface area contributed by atoms with Gasteiger partial charge in [-0.05, 0) is 33.6 Å². The van der Waals surface area contributed by atoms with Crippen LogP contribution in [0, 0.1) is 5.41 Å². The molecule has 0 aromatic rings. The Morgan fingerprint density at radius 1 is 1.37 bits per heavy atom. The summed E-state index contributed by atoms with van der Waals surface area (Å²) in [5.74, 6) is -1.06. The number of ether oxygens (including phenoxy) is 1. The van der Waals surface area contributed by atoms with Gasteiger partial charge in [0, 0.05) is 24.5 Å². The van der Waals surface area contributed by atoms with E-state index in [-0.39, 0.29) is 57.9 Å². The minimum atomic E-state index is -1.06. The van der Waals surface area contributed by atoms with Gasteiger partial charge in [-0.15, -0.1) is 0 Å². The Balaban J connectivity index is 0.00000324. The molecule has 0 unspecified atom stereocenters. The van der Waals surface area contributed by atoms with Crippen LogP contribution in [0.25, 0.3) is 0 Å². The number of nitrogens with zero attached hydrogens (tertiary/aromatic N) is 1. The Labute approximate surface area is 157 Å². The fourth-order valence-corrected chi connectivity index (χ4v) is 2.31. The largest absolute Gasteiger partial charge is 1.00 e. The average Bonchev–Trinajstić information content (AvgIpc) is 2.61. The maximum Gasteiger partial charge on any atom is 1.00 e. The summed E-state index contributed by atoms with van der Waals surface area (Å²) in [5.41, 5.74) is -1.46. The monoisotopic (exact) mass is 295 g/mol. The summed E-state index contributed by atoms with van der Waals surface area (Å²) in [6, 6.07) is 0. The molecule has 1 saturated heterocycles. The number of carboxylic acids is 1. The van der Waals surface area contributed by atoms with Crippen molar-refractivity contribution in [3.63, 3.8) is 0 Å². The number of carbonyl (C=O) groups excluding carboxylic acids is 2. The number of likely N-dealkylation sites (tertiary alicyclic amines) is 1. The zero-order chi connectivity index (χ0) is 14.0. The van der Waals surface area contributed by atoms with E-state index < -0.39 is 23.1 Å². The van der Waals surface area contributed by atoms with Crippen LogP contribution < -0.4 is 56.5 Å². The van der Waals surface area contributed by atoms with Crippen molar-refractivity contribution in [1.82, 2.24) is 4.90 Å². The van der Waals surface area contributed by atoms with Gasteiger partial charge in [-0.3, -0.25) is 0 Å². The van der Waals surface area contributed by atoms with Gasteiger partial charge in [0.2, 0.25) is 0 Å². The van der Waals surface area contributed by atoms with Crippen LogP contribution in [-0.2, 0) is 9.53 Å². The maximum absolute atomic E-state index is 11.9. The summed E-state index contributed by atoms with van der Waals surface area (Å²) in [7, 11) is 0. The van der Waals surface area contributed by atoms with Gasteiger partial charge in [-0.25, -0.2) is 4.79 Å². The fraction of sp³-hybridized carbons (Fsp3) is 0.846. The Morgan fingerprint density at radius 2 is 1.95 bits per heavy atom. The molecule has 1 aliphatic heterocycles. The molecule has 1 atom stereocenters. The molecule has 1 aliphatic rings. The number of rotatable bonds is 3.